The number of aryl methyl sites for hydroxylation is 1. The number of fused-ring (bicyclic) bond motifs is 1. The highest BCUT2D eigenvalue weighted by atomic mass is 79.9. The molecule has 4 aliphatic heterocycles. The molecule has 4 unspecified atom stereocenters. The van der Waals surface area contributed by atoms with Crippen LogP contribution < -0.4 is 16.2 Å². The van der Waals surface area contributed by atoms with Crippen LogP contribution in [-0.4, -0.2) is 93.4 Å². The number of nitrogens with one attached hydrogen (secondary N) is 2. The molecule has 0 saturated carbocycles. The number of imide groups is 2. The van der Waals surface area contributed by atoms with Gasteiger partial charge in [-0.1, -0.05) is 30.3 Å². The smallest absolute Gasteiger partial charge is 0.282 e. The van der Waals surface area contributed by atoms with Crippen molar-refractivity contribution in [1.29, 1.82) is 0 Å². The van der Waals surface area contributed by atoms with Crippen molar-refractivity contribution in [1.82, 2.24) is 29.8 Å². The van der Waals surface area contributed by atoms with Gasteiger partial charge < -0.3 is 10.2 Å². The zero-order valence-electron chi connectivity index (χ0n) is 26.9. The SMILES string of the molecule is CN1CC(Nc2cnn(C)c(=O)c2Br)CC(c2ccc(CN3CCC(c4ccc5c(c4)C(=O)N(C4CCC(=O)NC4=O)C5=O)C3)cc2)C1. The van der Waals surface area contributed by atoms with Gasteiger partial charge in [0, 0.05) is 45.7 Å². The first-order valence-corrected chi connectivity index (χ1v) is 17.2. The third-order valence-electron chi connectivity index (χ3n) is 10.1. The summed E-state index contributed by atoms with van der Waals surface area (Å²) in [5.74, 6) is -1.36. The van der Waals surface area contributed by atoms with Crippen LogP contribution in [0.4, 0.5) is 5.69 Å². The van der Waals surface area contributed by atoms with Crippen LogP contribution >= 0.6 is 15.9 Å². The molecule has 3 fully saturated rings. The summed E-state index contributed by atoms with van der Waals surface area (Å²) < 4.78 is 1.81. The number of likely N-dealkylation sites (N-methyl/N-ethyl adjacent to an activating group) is 1. The fourth-order valence-electron chi connectivity index (χ4n) is 7.64. The number of likely N-dealkylation sites (tertiary alicyclic amines) is 2. The lowest BCUT2D eigenvalue weighted by Crippen LogP contribution is -2.54. The van der Waals surface area contributed by atoms with Gasteiger partial charge in [0.15, 0.2) is 0 Å². The molecule has 3 aromatic rings. The minimum atomic E-state index is -0.963. The average Bonchev–Trinajstić information content (AvgIpc) is 3.63. The van der Waals surface area contributed by atoms with Crippen molar-refractivity contribution in [2.45, 2.75) is 56.1 Å². The number of carbonyl (C=O) groups excluding carboxylic acids is 4. The minimum absolute atomic E-state index is 0.0981. The highest BCUT2D eigenvalue weighted by Crippen LogP contribution is 2.34. The van der Waals surface area contributed by atoms with Crippen LogP contribution in [0.5, 0.6) is 0 Å². The van der Waals surface area contributed by atoms with Gasteiger partial charge in [-0.3, -0.25) is 39.1 Å². The lowest BCUT2D eigenvalue weighted by Gasteiger charge is -2.37. The van der Waals surface area contributed by atoms with Gasteiger partial charge in [0.2, 0.25) is 11.8 Å². The van der Waals surface area contributed by atoms with Gasteiger partial charge in [-0.05, 0) is 89.4 Å². The van der Waals surface area contributed by atoms with Gasteiger partial charge in [-0.2, -0.15) is 5.10 Å². The monoisotopic (exact) mass is 715 g/mol. The molecule has 0 radical (unpaired) electrons. The second kappa shape index (κ2) is 13.0. The van der Waals surface area contributed by atoms with Crippen molar-refractivity contribution < 1.29 is 19.2 Å². The maximum Gasteiger partial charge on any atom is 0.282 e. The van der Waals surface area contributed by atoms with Crippen molar-refractivity contribution in [2.75, 3.05) is 38.5 Å². The number of benzene rings is 2. The molecule has 7 rings (SSSR count). The van der Waals surface area contributed by atoms with Gasteiger partial charge in [-0.25, -0.2) is 4.68 Å². The number of hydrogen-bond donors (Lipinski definition) is 2. The van der Waals surface area contributed by atoms with Gasteiger partial charge >= 0.3 is 0 Å². The number of rotatable bonds is 7. The van der Waals surface area contributed by atoms with Crippen molar-refractivity contribution >= 4 is 45.2 Å². The molecule has 4 aliphatic rings. The fraction of sp³-hybridized carbons (Fsp3) is 0.429. The molecule has 4 amide bonds. The van der Waals surface area contributed by atoms with E-state index in [1.54, 1.807) is 19.3 Å². The van der Waals surface area contributed by atoms with Crippen LogP contribution in [-0.2, 0) is 23.2 Å². The first-order chi connectivity index (χ1) is 23.0. The standard InChI is InChI=1S/C35H38BrN7O5/c1-40-17-24(13-25(19-40)38-28-15-37-41(2)35(48)31(28)36)21-5-3-20(4-6-21)16-42-12-11-23(18-42)22-7-8-26-27(14-22)34(47)43(33(26)46)29-9-10-30(44)39-32(29)45/h3-8,14-15,23-25,29,38H,9-13,16-19H2,1-2H3,(H,39,44,45). The summed E-state index contributed by atoms with van der Waals surface area (Å²) in [7, 11) is 3.76. The number of amides is 4. The third kappa shape index (κ3) is 6.22. The Labute approximate surface area is 286 Å². The normalized spacial score (nSPS) is 25.0. The first kappa shape index (κ1) is 32.4. The van der Waals surface area contributed by atoms with Crippen LogP contribution in [0.1, 0.15) is 74.9 Å². The molecule has 2 N–H and O–H groups in total. The minimum Gasteiger partial charge on any atom is -0.379 e. The lowest BCUT2D eigenvalue weighted by molar-refractivity contribution is -0.136. The molecule has 1 aromatic heterocycles. The Balaban J connectivity index is 0.965. The van der Waals surface area contributed by atoms with Crippen molar-refractivity contribution in [3.8, 4) is 0 Å². The molecule has 5 heterocycles. The highest BCUT2D eigenvalue weighted by Gasteiger charge is 2.45. The van der Waals surface area contributed by atoms with Crippen LogP contribution in [0.2, 0.25) is 0 Å². The number of halogens is 1. The summed E-state index contributed by atoms with van der Waals surface area (Å²) in [6.07, 6.45) is 3.82. The second-order valence-corrected chi connectivity index (χ2v) is 14.3. The Morgan fingerprint density at radius 1 is 0.896 bits per heavy atom. The molecule has 3 saturated heterocycles. The number of nitrogens with zero attached hydrogens (tertiary/aromatic N) is 5. The number of carbonyl (C=O) groups is 4. The predicted octanol–water partition coefficient (Wildman–Crippen LogP) is 2.83. The van der Waals surface area contributed by atoms with Crippen LogP contribution in [0, 0.1) is 0 Å². The van der Waals surface area contributed by atoms with Crippen molar-refractivity contribution in [3.05, 3.63) is 91.3 Å². The van der Waals surface area contributed by atoms with E-state index >= 15 is 0 Å². The Bertz CT molecular complexity index is 1860. The largest absolute Gasteiger partial charge is 0.379 e. The molecule has 0 spiro atoms. The molecule has 13 heteroatoms. The molecule has 48 heavy (non-hydrogen) atoms. The summed E-state index contributed by atoms with van der Waals surface area (Å²) in [5, 5.41) is 9.93. The van der Waals surface area contributed by atoms with Gasteiger partial charge in [-0.15, -0.1) is 0 Å². The molecule has 250 valence electrons. The highest BCUT2D eigenvalue weighted by molar-refractivity contribution is 9.10. The quantitative estimate of drug-likeness (QED) is 0.354. The summed E-state index contributed by atoms with van der Waals surface area (Å²) in [5.41, 5.74) is 4.73. The fourth-order valence-corrected chi connectivity index (χ4v) is 8.11. The van der Waals surface area contributed by atoms with Gasteiger partial charge in [0.05, 0.1) is 23.0 Å². The van der Waals surface area contributed by atoms with Crippen LogP contribution in [0.25, 0.3) is 0 Å². The number of piperidine rings is 2. The van der Waals surface area contributed by atoms with E-state index in [9.17, 15) is 24.0 Å². The van der Waals surface area contributed by atoms with E-state index in [-0.39, 0.29) is 36.3 Å². The molecule has 2 aromatic carbocycles. The Kier molecular flexibility index (Phi) is 8.77. The Hall–Kier alpha value is -4.20. The van der Waals surface area contributed by atoms with E-state index in [0.29, 0.717) is 27.2 Å². The maximum absolute atomic E-state index is 13.3. The maximum atomic E-state index is 13.3. The van der Waals surface area contributed by atoms with Crippen LogP contribution in [0.3, 0.4) is 0 Å². The number of anilines is 1. The van der Waals surface area contributed by atoms with Gasteiger partial charge in [0.1, 0.15) is 10.5 Å². The van der Waals surface area contributed by atoms with Crippen LogP contribution in [0.15, 0.2) is 57.9 Å². The first-order valence-electron chi connectivity index (χ1n) is 16.4. The zero-order valence-corrected chi connectivity index (χ0v) is 28.5. The summed E-state index contributed by atoms with van der Waals surface area (Å²) in [6, 6.07) is 13.6. The summed E-state index contributed by atoms with van der Waals surface area (Å²) in [4.78, 5) is 68.5. The van der Waals surface area contributed by atoms with Crippen molar-refractivity contribution in [3.63, 3.8) is 0 Å². The van der Waals surface area contributed by atoms with E-state index in [0.717, 1.165) is 56.0 Å². The number of aromatic nitrogens is 2. The van der Waals surface area contributed by atoms with E-state index in [1.165, 1.54) is 15.8 Å². The Morgan fingerprint density at radius 3 is 2.42 bits per heavy atom. The number of hydrogen-bond acceptors (Lipinski definition) is 9. The summed E-state index contributed by atoms with van der Waals surface area (Å²) in [6.45, 7) is 4.42. The zero-order chi connectivity index (χ0) is 33.7. The third-order valence-corrected chi connectivity index (χ3v) is 10.9. The Morgan fingerprint density at radius 2 is 1.65 bits per heavy atom. The molecule has 0 bridgehead atoms. The van der Waals surface area contributed by atoms with Crippen molar-refractivity contribution in [2.24, 2.45) is 7.05 Å². The second-order valence-electron chi connectivity index (χ2n) is 13.5. The summed E-state index contributed by atoms with van der Waals surface area (Å²) >= 11 is 3.43. The average molecular weight is 717 g/mol. The topological polar surface area (TPSA) is 137 Å². The molecular weight excluding hydrogens is 678 g/mol. The lowest BCUT2D eigenvalue weighted by atomic mass is 9.87. The molecule has 4 atom stereocenters. The van der Waals surface area contributed by atoms with E-state index in [1.807, 2.05) is 12.1 Å². The van der Waals surface area contributed by atoms with E-state index in [2.05, 4.69) is 72.8 Å². The van der Waals surface area contributed by atoms with Gasteiger partial charge in [0.25, 0.3) is 17.4 Å². The van der Waals surface area contributed by atoms with E-state index < -0.39 is 23.8 Å². The predicted molar refractivity (Wildman–Crippen MR) is 182 cm³/mol. The van der Waals surface area contributed by atoms with E-state index in [4.69, 9.17) is 0 Å². The molecular formula is C35H38BrN7O5. The molecule has 12 nitrogen and oxygen atoms in total. The molecule has 0 aliphatic carbocycles.